The molecule has 1 N–H and O–H groups in total. The molecular weight excluding hydrogens is 585 g/mol. The van der Waals surface area contributed by atoms with Gasteiger partial charge in [0.1, 0.15) is 17.4 Å². The smallest absolute Gasteiger partial charge is 0.352 e. The number of carbonyl (C=O) groups is 2. The van der Waals surface area contributed by atoms with Crippen LogP contribution in [0, 0.1) is 29.4 Å². The van der Waals surface area contributed by atoms with Crippen LogP contribution in [-0.4, -0.2) is 24.4 Å². The Hall–Kier alpha value is -3.29. The number of benzene rings is 2. The average molecular weight is 638 g/mol. The number of Topliss-reactive ketones (excluding diaryl/α,β-unsaturated/α-hetero) is 1. The maximum absolute atomic E-state index is 12.4. The molecule has 3 nitrogen and oxygen atoms in total. The molecule has 2 aliphatic carbocycles. The van der Waals surface area contributed by atoms with Gasteiger partial charge in [0.15, 0.2) is 0 Å². The monoisotopic (exact) mass is 637 g/mol. The van der Waals surface area contributed by atoms with Crippen molar-refractivity contribution in [1.29, 1.82) is 0 Å². The molecular formula is C37H52F5NO2. The Morgan fingerprint density at radius 3 is 1.82 bits per heavy atom. The zero-order valence-electron chi connectivity index (χ0n) is 28.3. The molecule has 1 unspecified atom stereocenters. The molecule has 1 amide bonds. The fourth-order valence-electron chi connectivity index (χ4n) is 4.83. The molecule has 4 rings (SSSR count). The molecule has 252 valence electrons. The highest BCUT2D eigenvalue weighted by atomic mass is 19.4. The van der Waals surface area contributed by atoms with E-state index >= 15 is 0 Å². The first kappa shape index (κ1) is 41.7. The van der Waals surface area contributed by atoms with Crippen LogP contribution in [0.1, 0.15) is 96.4 Å². The molecule has 0 bridgehead atoms. The number of ketones is 1. The minimum Gasteiger partial charge on any atom is -0.352 e. The second-order valence-corrected chi connectivity index (χ2v) is 11.6. The summed E-state index contributed by atoms with van der Waals surface area (Å²) in [4.78, 5) is 21.9. The van der Waals surface area contributed by atoms with Crippen LogP contribution in [0.3, 0.4) is 0 Å². The van der Waals surface area contributed by atoms with Gasteiger partial charge in [-0.3, -0.25) is 4.79 Å². The van der Waals surface area contributed by atoms with Crippen molar-refractivity contribution in [3.8, 4) is 0 Å². The molecule has 2 aromatic rings. The molecule has 0 aromatic heterocycles. The summed E-state index contributed by atoms with van der Waals surface area (Å²) in [5.41, 5.74) is 3.02. The third kappa shape index (κ3) is 12.9. The van der Waals surface area contributed by atoms with E-state index in [4.69, 9.17) is 0 Å². The summed E-state index contributed by atoms with van der Waals surface area (Å²) in [5, 5.41) is 2.91. The molecule has 1 atom stereocenters. The standard InChI is InChI=1S/C15H19NO.C8H11F3.C8H8F2.C4H8O.C2H6/c1-4-7-16-14(17)15(3)9-12-6-5-11(2)8-13(12)10-15;1-6(2)7(4-3-5-7)8(9,10)11;1-2-6-3-7(9)5-8(10)4-6;1-3-4(2)5;1-2/h4-6,8H,1,7,9-10H2,2-3H3,(H,16,17);1,3-5H2,2H3;3-5H,2H2,1H3;3H2,1-2H3;1-2H3. The third-order valence-electron chi connectivity index (χ3n) is 7.87. The second-order valence-electron chi connectivity index (χ2n) is 11.6. The van der Waals surface area contributed by atoms with Gasteiger partial charge in [-0.2, -0.15) is 13.2 Å². The van der Waals surface area contributed by atoms with Crippen LogP contribution in [-0.2, 0) is 28.9 Å². The van der Waals surface area contributed by atoms with Crippen LogP contribution in [0.5, 0.6) is 0 Å². The number of fused-ring (bicyclic) bond motifs is 1. The number of halogens is 5. The van der Waals surface area contributed by atoms with E-state index in [0.717, 1.165) is 18.9 Å². The summed E-state index contributed by atoms with van der Waals surface area (Å²) in [6, 6.07) is 10.0. The summed E-state index contributed by atoms with van der Waals surface area (Å²) in [6.45, 7) is 22.4. The van der Waals surface area contributed by atoms with E-state index in [1.165, 1.54) is 35.7 Å². The number of hydrogen-bond acceptors (Lipinski definition) is 2. The first-order valence-corrected chi connectivity index (χ1v) is 15.6. The lowest BCUT2D eigenvalue weighted by molar-refractivity contribution is -0.234. The van der Waals surface area contributed by atoms with E-state index in [2.05, 4.69) is 43.6 Å². The van der Waals surface area contributed by atoms with Gasteiger partial charge in [0.05, 0.1) is 10.8 Å². The van der Waals surface area contributed by atoms with Gasteiger partial charge in [-0.15, -0.1) is 6.58 Å². The van der Waals surface area contributed by atoms with Crippen molar-refractivity contribution in [3.63, 3.8) is 0 Å². The lowest BCUT2D eigenvalue weighted by Crippen LogP contribution is -2.44. The normalized spacial score (nSPS) is 17.0. The summed E-state index contributed by atoms with van der Waals surface area (Å²) in [7, 11) is 0. The van der Waals surface area contributed by atoms with Gasteiger partial charge >= 0.3 is 6.18 Å². The highest BCUT2D eigenvalue weighted by Gasteiger charge is 2.58. The van der Waals surface area contributed by atoms with Crippen LogP contribution in [0.15, 0.2) is 61.2 Å². The van der Waals surface area contributed by atoms with Crippen molar-refractivity contribution < 1.29 is 31.5 Å². The maximum atomic E-state index is 12.4. The Labute approximate surface area is 267 Å². The lowest BCUT2D eigenvalue weighted by atomic mass is 9.64. The molecule has 1 fully saturated rings. The Morgan fingerprint density at radius 2 is 1.47 bits per heavy atom. The molecule has 8 heteroatoms. The van der Waals surface area contributed by atoms with Crippen LogP contribution in [0.2, 0.25) is 0 Å². The predicted octanol–water partition coefficient (Wildman–Crippen LogP) is 10.2. The average Bonchev–Trinajstić information content (AvgIpc) is 3.28. The Bertz CT molecular complexity index is 1240. The largest absolute Gasteiger partial charge is 0.398 e. The van der Waals surface area contributed by atoms with Crippen molar-refractivity contribution in [3.05, 3.63) is 95.1 Å². The van der Waals surface area contributed by atoms with Crippen LogP contribution in [0.25, 0.3) is 0 Å². The van der Waals surface area contributed by atoms with E-state index < -0.39 is 23.2 Å². The molecule has 45 heavy (non-hydrogen) atoms. The van der Waals surface area contributed by atoms with E-state index in [1.807, 2.05) is 34.6 Å². The van der Waals surface area contributed by atoms with Crippen molar-refractivity contribution in [2.75, 3.05) is 6.54 Å². The van der Waals surface area contributed by atoms with E-state index in [-0.39, 0.29) is 35.5 Å². The predicted molar refractivity (Wildman–Crippen MR) is 175 cm³/mol. The van der Waals surface area contributed by atoms with Gasteiger partial charge in [-0.25, -0.2) is 8.78 Å². The van der Waals surface area contributed by atoms with Gasteiger partial charge in [-0.05, 0) is 81.7 Å². The van der Waals surface area contributed by atoms with Gasteiger partial charge in [0, 0.05) is 19.0 Å². The van der Waals surface area contributed by atoms with Gasteiger partial charge in [0.25, 0.3) is 0 Å². The van der Waals surface area contributed by atoms with Gasteiger partial charge < -0.3 is 10.1 Å². The number of aryl methyl sites for hydroxylation is 2. The second kappa shape index (κ2) is 19.3. The van der Waals surface area contributed by atoms with Crippen molar-refractivity contribution in [1.82, 2.24) is 5.32 Å². The summed E-state index contributed by atoms with van der Waals surface area (Å²) in [6.07, 6.45) is 1.77. The zero-order chi connectivity index (χ0) is 35.0. The van der Waals surface area contributed by atoms with E-state index in [0.29, 0.717) is 31.4 Å². The Morgan fingerprint density at radius 1 is 0.956 bits per heavy atom. The van der Waals surface area contributed by atoms with Crippen LogP contribution < -0.4 is 5.32 Å². The fourth-order valence-corrected chi connectivity index (χ4v) is 4.83. The van der Waals surface area contributed by atoms with Crippen LogP contribution >= 0.6 is 0 Å². The number of carbonyl (C=O) groups excluding carboxylic acids is 2. The van der Waals surface area contributed by atoms with Gasteiger partial charge in [0.2, 0.25) is 5.91 Å². The zero-order valence-corrected chi connectivity index (χ0v) is 28.3. The number of nitrogens with one attached hydrogen (secondary N) is 1. The first-order valence-electron chi connectivity index (χ1n) is 15.6. The number of hydrogen-bond donors (Lipinski definition) is 1. The summed E-state index contributed by atoms with van der Waals surface area (Å²) in [5.74, 6) is -0.620. The Kier molecular flexibility index (Phi) is 17.9. The number of alkyl halides is 3. The number of amides is 1. The minimum atomic E-state index is -4.09. The van der Waals surface area contributed by atoms with E-state index in [1.54, 1.807) is 13.0 Å². The molecule has 0 saturated heterocycles. The first-order chi connectivity index (χ1) is 20.9. The Balaban J connectivity index is 0.000000605. The molecule has 0 aliphatic heterocycles. The van der Waals surface area contributed by atoms with Crippen molar-refractivity contribution in [2.45, 2.75) is 107 Å². The highest BCUT2D eigenvalue weighted by molar-refractivity contribution is 5.84. The van der Waals surface area contributed by atoms with E-state index in [9.17, 15) is 31.5 Å². The fraction of sp³-hybridized carbons (Fsp3) is 0.514. The molecule has 2 aromatic carbocycles. The quantitative estimate of drug-likeness (QED) is 0.253. The molecule has 1 saturated carbocycles. The number of allylic oxidation sites excluding steroid dienone is 1. The molecule has 2 aliphatic rings. The lowest BCUT2D eigenvalue weighted by Gasteiger charge is -2.43. The molecule has 0 heterocycles. The molecule has 0 radical (unpaired) electrons. The maximum Gasteiger partial charge on any atom is 0.398 e. The third-order valence-corrected chi connectivity index (χ3v) is 7.87. The summed E-state index contributed by atoms with van der Waals surface area (Å²) < 4.78 is 61.8. The SMILES string of the molecule is C=C(C)C1(C(F)(F)F)CCC1.C=CCNC(=O)C1(C)Cc2ccc(C)cc2C1.CC.CCC(C)=O.CCc1cc(F)cc(F)c1. The molecule has 0 spiro atoms. The summed E-state index contributed by atoms with van der Waals surface area (Å²) >= 11 is 0. The topological polar surface area (TPSA) is 46.2 Å². The van der Waals surface area contributed by atoms with Gasteiger partial charge in [-0.1, -0.05) is 83.0 Å². The van der Waals surface area contributed by atoms with Crippen LogP contribution in [0.4, 0.5) is 22.0 Å². The number of rotatable bonds is 6. The minimum absolute atomic E-state index is 0.131. The van der Waals surface area contributed by atoms with Crippen molar-refractivity contribution >= 4 is 11.7 Å². The van der Waals surface area contributed by atoms with Crippen molar-refractivity contribution in [2.24, 2.45) is 10.8 Å². The highest BCUT2D eigenvalue weighted by Crippen LogP contribution is 2.56.